The molecule has 128 valence electrons. The summed E-state index contributed by atoms with van der Waals surface area (Å²) in [7, 11) is 0. The molecule has 2 heterocycles. The lowest BCUT2D eigenvalue weighted by Gasteiger charge is -2.06. The number of esters is 1. The van der Waals surface area contributed by atoms with E-state index in [4.69, 9.17) is 4.74 Å². The number of rotatable bonds is 7. The van der Waals surface area contributed by atoms with Gasteiger partial charge in [0.15, 0.2) is 11.5 Å². The van der Waals surface area contributed by atoms with Gasteiger partial charge in [0.25, 0.3) is 0 Å². The van der Waals surface area contributed by atoms with E-state index in [0.29, 0.717) is 24.6 Å². The van der Waals surface area contributed by atoms with Crippen molar-refractivity contribution in [2.24, 2.45) is 0 Å². The molecule has 25 heavy (non-hydrogen) atoms. The Kier molecular flexibility index (Phi) is 4.93. The van der Waals surface area contributed by atoms with Crippen LogP contribution in [0.1, 0.15) is 27.6 Å². The van der Waals surface area contributed by atoms with Crippen LogP contribution < -0.4 is 0 Å². The smallest absolute Gasteiger partial charge is 0.361 e. The molecule has 2 aromatic heterocycles. The summed E-state index contributed by atoms with van der Waals surface area (Å²) < 4.78 is 8.24. The molecule has 0 fully saturated rings. The quantitative estimate of drug-likeness (QED) is 0.468. The minimum absolute atomic E-state index is 0.125. The van der Waals surface area contributed by atoms with E-state index in [9.17, 15) is 4.79 Å². The maximum Gasteiger partial charge on any atom is 0.361 e. The second kappa shape index (κ2) is 7.47. The fraction of sp³-hybridized carbons (Fsp3) is 0.250. The van der Waals surface area contributed by atoms with Crippen molar-refractivity contribution in [1.82, 2.24) is 35.2 Å². The Morgan fingerprint density at radius 1 is 1.16 bits per heavy atom. The van der Waals surface area contributed by atoms with E-state index in [1.54, 1.807) is 16.3 Å². The highest BCUT2D eigenvalue weighted by Crippen LogP contribution is 2.09. The van der Waals surface area contributed by atoms with Crippen LogP contribution in [-0.2, 0) is 17.8 Å². The summed E-state index contributed by atoms with van der Waals surface area (Å²) >= 11 is 0. The Labute approximate surface area is 143 Å². The van der Waals surface area contributed by atoms with Gasteiger partial charge in [-0.1, -0.05) is 48.2 Å². The lowest BCUT2D eigenvalue weighted by atomic mass is 10.2. The van der Waals surface area contributed by atoms with Gasteiger partial charge in [-0.25, -0.2) is 14.2 Å². The highest BCUT2D eigenvalue weighted by molar-refractivity contribution is 5.88. The summed E-state index contributed by atoms with van der Waals surface area (Å²) in [5.41, 5.74) is 1.84. The molecule has 0 spiro atoms. The van der Waals surface area contributed by atoms with Crippen molar-refractivity contribution in [2.75, 3.05) is 6.61 Å². The van der Waals surface area contributed by atoms with E-state index in [-0.39, 0.29) is 12.3 Å². The molecule has 0 bridgehead atoms. The monoisotopic (exact) mass is 339 g/mol. The molecular weight excluding hydrogens is 322 g/mol. The number of benzene rings is 1. The van der Waals surface area contributed by atoms with E-state index in [2.05, 4.69) is 32.4 Å². The van der Waals surface area contributed by atoms with Crippen molar-refractivity contribution in [3.63, 3.8) is 0 Å². The molecule has 9 heteroatoms. The summed E-state index contributed by atoms with van der Waals surface area (Å²) in [6.45, 7) is 6.22. The van der Waals surface area contributed by atoms with Gasteiger partial charge >= 0.3 is 5.97 Å². The largest absolute Gasteiger partial charge is 0.457 e. The maximum absolute atomic E-state index is 11.9. The number of nitrogens with zero attached hydrogens (tertiary/aromatic N) is 7. The number of hydrogen-bond donors (Lipinski definition) is 0. The summed E-state index contributed by atoms with van der Waals surface area (Å²) in [4.78, 5) is 11.9. The SMILES string of the molecule is C=CCOC(=O)c1nnn(Cc2nnnn2Cc2ccccc2)c1C. The number of hydrogen-bond acceptors (Lipinski definition) is 7. The van der Waals surface area contributed by atoms with Gasteiger partial charge in [0.05, 0.1) is 12.2 Å². The molecule has 0 unspecified atom stereocenters. The molecule has 0 atom stereocenters. The van der Waals surface area contributed by atoms with Crippen molar-refractivity contribution in [1.29, 1.82) is 0 Å². The van der Waals surface area contributed by atoms with Gasteiger partial charge in [-0.05, 0) is 22.9 Å². The number of aromatic nitrogens is 7. The third kappa shape index (κ3) is 3.77. The van der Waals surface area contributed by atoms with E-state index in [1.807, 2.05) is 30.3 Å². The van der Waals surface area contributed by atoms with Gasteiger partial charge in [0.2, 0.25) is 0 Å². The molecule has 3 rings (SSSR count). The molecule has 0 aliphatic rings. The van der Waals surface area contributed by atoms with Gasteiger partial charge in [-0.15, -0.1) is 10.2 Å². The second-order valence-electron chi connectivity index (χ2n) is 5.31. The van der Waals surface area contributed by atoms with Crippen LogP contribution in [0.15, 0.2) is 43.0 Å². The summed E-state index contributed by atoms with van der Waals surface area (Å²) in [5.74, 6) is 0.0791. The zero-order valence-electron chi connectivity index (χ0n) is 13.7. The van der Waals surface area contributed by atoms with Gasteiger partial charge in [-0.3, -0.25) is 0 Å². The van der Waals surface area contributed by atoms with Crippen LogP contribution >= 0.6 is 0 Å². The number of tetrazole rings is 1. The molecule has 0 radical (unpaired) electrons. The molecule has 0 N–H and O–H groups in total. The van der Waals surface area contributed by atoms with Crippen molar-refractivity contribution >= 4 is 5.97 Å². The van der Waals surface area contributed by atoms with Gasteiger partial charge < -0.3 is 4.74 Å². The summed E-state index contributed by atoms with van der Waals surface area (Å²) in [6.07, 6.45) is 1.50. The van der Waals surface area contributed by atoms with E-state index in [0.717, 1.165) is 5.56 Å². The molecule has 0 aliphatic heterocycles. The average Bonchev–Trinajstić information content (AvgIpc) is 3.21. The van der Waals surface area contributed by atoms with Crippen molar-refractivity contribution < 1.29 is 9.53 Å². The second-order valence-corrected chi connectivity index (χ2v) is 5.31. The van der Waals surface area contributed by atoms with Crippen LogP contribution in [0.25, 0.3) is 0 Å². The standard InChI is InChI=1S/C16H17N7O2/c1-3-9-25-16(24)15-12(2)22(20-18-15)11-14-17-19-21-23(14)10-13-7-5-4-6-8-13/h3-8H,1,9-11H2,2H3. The molecule has 0 amide bonds. The Bertz CT molecular complexity index is 870. The Morgan fingerprint density at radius 3 is 2.72 bits per heavy atom. The Morgan fingerprint density at radius 2 is 1.96 bits per heavy atom. The number of carbonyl (C=O) groups is 1. The topological polar surface area (TPSA) is 101 Å². The fourth-order valence-corrected chi connectivity index (χ4v) is 2.25. The van der Waals surface area contributed by atoms with Crippen molar-refractivity contribution in [3.8, 4) is 0 Å². The Balaban J connectivity index is 1.76. The molecule has 0 aliphatic carbocycles. The highest BCUT2D eigenvalue weighted by atomic mass is 16.5. The van der Waals surface area contributed by atoms with E-state index >= 15 is 0 Å². The first kappa shape index (κ1) is 16.5. The van der Waals surface area contributed by atoms with Gasteiger partial charge in [0.1, 0.15) is 13.2 Å². The zero-order valence-corrected chi connectivity index (χ0v) is 13.7. The Hall–Kier alpha value is -3.36. The van der Waals surface area contributed by atoms with Gasteiger partial charge in [-0.2, -0.15) is 0 Å². The van der Waals surface area contributed by atoms with Crippen LogP contribution in [0.4, 0.5) is 0 Å². The maximum atomic E-state index is 11.9. The van der Waals surface area contributed by atoms with Crippen LogP contribution in [0, 0.1) is 6.92 Å². The van der Waals surface area contributed by atoms with Crippen LogP contribution in [0.3, 0.4) is 0 Å². The predicted octanol–water partition coefficient (Wildman–Crippen LogP) is 1.01. The number of ether oxygens (including phenoxy) is 1. The minimum atomic E-state index is -0.535. The number of carbonyl (C=O) groups excluding carboxylic acids is 1. The van der Waals surface area contributed by atoms with Crippen LogP contribution in [0.5, 0.6) is 0 Å². The third-order valence-corrected chi connectivity index (χ3v) is 3.58. The van der Waals surface area contributed by atoms with Crippen molar-refractivity contribution in [3.05, 3.63) is 65.8 Å². The highest BCUT2D eigenvalue weighted by Gasteiger charge is 2.19. The summed E-state index contributed by atoms with van der Waals surface area (Å²) in [5, 5.41) is 19.7. The van der Waals surface area contributed by atoms with Gasteiger partial charge in [0, 0.05) is 0 Å². The molecule has 0 saturated heterocycles. The molecule has 0 saturated carbocycles. The van der Waals surface area contributed by atoms with Crippen molar-refractivity contribution in [2.45, 2.75) is 20.0 Å². The van der Waals surface area contributed by atoms with Crippen LogP contribution in [0.2, 0.25) is 0 Å². The lowest BCUT2D eigenvalue weighted by molar-refractivity contribution is 0.0542. The first-order valence-electron chi connectivity index (χ1n) is 7.66. The zero-order chi connectivity index (χ0) is 17.6. The average molecular weight is 339 g/mol. The van der Waals surface area contributed by atoms with E-state index in [1.165, 1.54) is 6.08 Å². The first-order chi connectivity index (χ1) is 12.2. The predicted molar refractivity (Wildman–Crippen MR) is 87.7 cm³/mol. The van der Waals surface area contributed by atoms with E-state index < -0.39 is 5.97 Å². The summed E-state index contributed by atoms with van der Waals surface area (Å²) in [6, 6.07) is 9.87. The fourth-order valence-electron chi connectivity index (χ4n) is 2.25. The first-order valence-corrected chi connectivity index (χ1v) is 7.66. The minimum Gasteiger partial charge on any atom is -0.457 e. The third-order valence-electron chi connectivity index (χ3n) is 3.58. The van der Waals surface area contributed by atoms with Crippen LogP contribution in [-0.4, -0.2) is 47.8 Å². The molecular formula is C16H17N7O2. The lowest BCUT2D eigenvalue weighted by Crippen LogP contribution is -2.13. The molecule has 9 nitrogen and oxygen atoms in total. The molecule has 1 aromatic carbocycles. The normalized spacial score (nSPS) is 10.6. The molecule has 3 aromatic rings.